The Morgan fingerprint density at radius 1 is 1.53 bits per heavy atom. The van der Waals surface area contributed by atoms with E-state index in [1.807, 2.05) is 6.07 Å². The van der Waals surface area contributed by atoms with Gasteiger partial charge in [0.15, 0.2) is 0 Å². The Bertz CT molecular complexity index is 297. The van der Waals surface area contributed by atoms with Crippen molar-refractivity contribution >= 4 is 0 Å². The average molecular weight is 236 g/mol. The van der Waals surface area contributed by atoms with E-state index in [1.54, 1.807) is 6.26 Å². The summed E-state index contributed by atoms with van der Waals surface area (Å²) in [5.74, 6) is 1.11. The zero-order chi connectivity index (χ0) is 11.9. The molecule has 0 saturated carbocycles. The van der Waals surface area contributed by atoms with Gasteiger partial charge in [0.1, 0.15) is 5.76 Å². The predicted octanol–water partition coefficient (Wildman–Crippen LogP) is 2.29. The molecule has 0 spiro atoms. The molecule has 1 aliphatic rings. The van der Waals surface area contributed by atoms with E-state index in [2.05, 4.69) is 23.2 Å². The van der Waals surface area contributed by atoms with Gasteiger partial charge in [-0.2, -0.15) is 0 Å². The molecule has 1 unspecified atom stereocenters. The Balaban J connectivity index is 1.78. The quantitative estimate of drug-likeness (QED) is 0.850. The van der Waals surface area contributed by atoms with Gasteiger partial charge in [0, 0.05) is 25.6 Å². The molecule has 1 aliphatic heterocycles. The van der Waals surface area contributed by atoms with E-state index in [9.17, 15) is 0 Å². The summed E-state index contributed by atoms with van der Waals surface area (Å²) in [5.41, 5.74) is 0. The van der Waals surface area contributed by atoms with Crippen molar-refractivity contribution in [1.29, 1.82) is 0 Å². The lowest BCUT2D eigenvalue weighted by molar-refractivity contribution is 0.260. The molecule has 1 atom stereocenters. The minimum absolute atomic E-state index is 0.680. The third-order valence-electron chi connectivity index (χ3n) is 3.45. The van der Waals surface area contributed by atoms with Gasteiger partial charge in [-0.1, -0.05) is 13.3 Å². The first kappa shape index (κ1) is 12.7. The van der Waals surface area contributed by atoms with Crippen LogP contribution in [0, 0.1) is 0 Å². The van der Waals surface area contributed by atoms with Crippen LogP contribution in [-0.2, 0) is 6.42 Å². The lowest BCUT2D eigenvalue weighted by Crippen LogP contribution is -2.38. The van der Waals surface area contributed by atoms with E-state index in [-0.39, 0.29) is 0 Å². The Kier molecular flexibility index (Phi) is 5.08. The van der Waals surface area contributed by atoms with Crippen LogP contribution in [0.5, 0.6) is 0 Å². The summed E-state index contributed by atoms with van der Waals surface area (Å²) in [4.78, 5) is 2.57. The first-order valence-electron chi connectivity index (χ1n) is 6.86. The summed E-state index contributed by atoms with van der Waals surface area (Å²) in [6, 6.07) is 4.72. The largest absolute Gasteiger partial charge is 0.469 e. The van der Waals surface area contributed by atoms with Crippen LogP contribution in [0.25, 0.3) is 0 Å². The molecule has 1 fully saturated rings. The van der Waals surface area contributed by atoms with Crippen LogP contribution in [0.2, 0.25) is 0 Å². The molecule has 1 aromatic heterocycles. The molecule has 0 aliphatic carbocycles. The maximum atomic E-state index is 5.39. The highest BCUT2D eigenvalue weighted by Crippen LogP contribution is 2.08. The SMILES string of the molecule is CCCC1CN(CCc2ccco2)CCCN1. The van der Waals surface area contributed by atoms with Gasteiger partial charge >= 0.3 is 0 Å². The summed E-state index contributed by atoms with van der Waals surface area (Å²) in [6.45, 7) is 6.96. The van der Waals surface area contributed by atoms with Crippen LogP contribution in [0.1, 0.15) is 31.9 Å². The lowest BCUT2D eigenvalue weighted by atomic mass is 10.1. The molecule has 17 heavy (non-hydrogen) atoms. The fourth-order valence-electron chi connectivity index (χ4n) is 2.54. The number of hydrogen-bond acceptors (Lipinski definition) is 3. The minimum Gasteiger partial charge on any atom is -0.469 e. The normalized spacial score (nSPS) is 22.5. The van der Waals surface area contributed by atoms with Gasteiger partial charge in [-0.05, 0) is 38.1 Å². The molecule has 1 aromatic rings. The van der Waals surface area contributed by atoms with Crippen molar-refractivity contribution in [1.82, 2.24) is 10.2 Å². The molecule has 1 N–H and O–H groups in total. The van der Waals surface area contributed by atoms with E-state index in [4.69, 9.17) is 4.42 Å². The highest BCUT2D eigenvalue weighted by Gasteiger charge is 2.16. The number of furan rings is 1. The number of nitrogens with one attached hydrogen (secondary N) is 1. The summed E-state index contributed by atoms with van der Waals surface area (Å²) in [6.07, 6.45) is 6.62. The van der Waals surface area contributed by atoms with Crippen molar-refractivity contribution in [2.75, 3.05) is 26.2 Å². The second-order valence-corrected chi connectivity index (χ2v) is 4.92. The molecule has 96 valence electrons. The predicted molar refractivity (Wildman–Crippen MR) is 70.2 cm³/mol. The first-order chi connectivity index (χ1) is 8.38. The second-order valence-electron chi connectivity index (χ2n) is 4.92. The Hall–Kier alpha value is -0.800. The minimum atomic E-state index is 0.680. The monoisotopic (exact) mass is 236 g/mol. The molecule has 3 heteroatoms. The van der Waals surface area contributed by atoms with E-state index in [0.717, 1.165) is 18.7 Å². The van der Waals surface area contributed by atoms with Crippen molar-refractivity contribution in [3.05, 3.63) is 24.2 Å². The molecule has 2 rings (SSSR count). The topological polar surface area (TPSA) is 28.4 Å². The second kappa shape index (κ2) is 6.82. The first-order valence-corrected chi connectivity index (χ1v) is 6.86. The Morgan fingerprint density at radius 2 is 2.47 bits per heavy atom. The van der Waals surface area contributed by atoms with Crippen LogP contribution in [0.4, 0.5) is 0 Å². The van der Waals surface area contributed by atoms with Gasteiger partial charge in [-0.25, -0.2) is 0 Å². The molecular formula is C14H24N2O. The van der Waals surface area contributed by atoms with Crippen molar-refractivity contribution < 1.29 is 4.42 Å². The zero-order valence-corrected chi connectivity index (χ0v) is 10.8. The van der Waals surface area contributed by atoms with Gasteiger partial charge < -0.3 is 14.6 Å². The van der Waals surface area contributed by atoms with Crippen LogP contribution in [0.3, 0.4) is 0 Å². The summed E-state index contributed by atoms with van der Waals surface area (Å²) in [5, 5.41) is 3.64. The number of hydrogen-bond donors (Lipinski definition) is 1. The highest BCUT2D eigenvalue weighted by molar-refractivity contribution is 4.98. The van der Waals surface area contributed by atoms with Gasteiger partial charge in [0.2, 0.25) is 0 Å². The van der Waals surface area contributed by atoms with E-state index in [1.165, 1.54) is 38.9 Å². The smallest absolute Gasteiger partial charge is 0.105 e. The van der Waals surface area contributed by atoms with Gasteiger partial charge in [-0.3, -0.25) is 0 Å². The van der Waals surface area contributed by atoms with Crippen molar-refractivity contribution in [3.8, 4) is 0 Å². The fourth-order valence-corrected chi connectivity index (χ4v) is 2.54. The summed E-state index contributed by atoms with van der Waals surface area (Å²) < 4.78 is 5.39. The lowest BCUT2D eigenvalue weighted by Gasteiger charge is -2.23. The van der Waals surface area contributed by atoms with Gasteiger partial charge in [0.25, 0.3) is 0 Å². The summed E-state index contributed by atoms with van der Waals surface area (Å²) >= 11 is 0. The molecular weight excluding hydrogens is 212 g/mol. The van der Waals surface area contributed by atoms with Crippen LogP contribution >= 0.6 is 0 Å². The van der Waals surface area contributed by atoms with Crippen LogP contribution < -0.4 is 5.32 Å². The van der Waals surface area contributed by atoms with Crippen molar-refractivity contribution in [2.24, 2.45) is 0 Å². The molecule has 3 nitrogen and oxygen atoms in total. The maximum Gasteiger partial charge on any atom is 0.105 e. The fraction of sp³-hybridized carbons (Fsp3) is 0.714. The van der Waals surface area contributed by atoms with E-state index in [0.29, 0.717) is 6.04 Å². The van der Waals surface area contributed by atoms with E-state index >= 15 is 0 Å². The molecule has 0 bridgehead atoms. The Labute approximate surface area is 104 Å². The molecule has 0 radical (unpaired) electrons. The average Bonchev–Trinajstić information content (AvgIpc) is 2.75. The summed E-state index contributed by atoms with van der Waals surface area (Å²) in [7, 11) is 0. The molecule has 1 saturated heterocycles. The molecule has 0 aromatic carbocycles. The third-order valence-corrected chi connectivity index (χ3v) is 3.45. The van der Waals surface area contributed by atoms with Crippen molar-refractivity contribution in [2.45, 2.75) is 38.6 Å². The molecule has 2 heterocycles. The van der Waals surface area contributed by atoms with Crippen LogP contribution in [-0.4, -0.2) is 37.1 Å². The van der Waals surface area contributed by atoms with Crippen molar-refractivity contribution in [3.63, 3.8) is 0 Å². The number of rotatable bonds is 5. The highest BCUT2D eigenvalue weighted by atomic mass is 16.3. The van der Waals surface area contributed by atoms with Crippen LogP contribution in [0.15, 0.2) is 22.8 Å². The zero-order valence-electron chi connectivity index (χ0n) is 10.8. The maximum absolute atomic E-state index is 5.39. The third kappa shape index (κ3) is 4.17. The number of nitrogens with zero attached hydrogens (tertiary/aromatic N) is 1. The Morgan fingerprint density at radius 3 is 3.24 bits per heavy atom. The van der Waals surface area contributed by atoms with Gasteiger partial charge in [-0.15, -0.1) is 0 Å². The standard InChI is InChI=1S/C14H24N2O/c1-2-5-13-12-16(9-4-8-15-13)10-7-14-6-3-11-17-14/h3,6,11,13,15H,2,4-5,7-10,12H2,1H3. The molecule has 0 amide bonds. The van der Waals surface area contributed by atoms with Gasteiger partial charge in [0.05, 0.1) is 6.26 Å². The van der Waals surface area contributed by atoms with E-state index < -0.39 is 0 Å².